The number of nitrogens with two attached hydrogens (primary N) is 1. The first kappa shape index (κ1) is 18.9. The van der Waals surface area contributed by atoms with E-state index in [9.17, 15) is 0 Å². The molecule has 0 aliphatic heterocycles. The third kappa shape index (κ3) is 5.54. The van der Waals surface area contributed by atoms with E-state index in [1.807, 2.05) is 0 Å². The summed E-state index contributed by atoms with van der Waals surface area (Å²) < 4.78 is 0. The zero-order chi connectivity index (χ0) is 16.0. The summed E-state index contributed by atoms with van der Waals surface area (Å²) in [5.41, 5.74) is 6.96. The maximum atomic E-state index is 6.51. The van der Waals surface area contributed by atoms with E-state index in [2.05, 4.69) is 51.6 Å². The van der Waals surface area contributed by atoms with Crippen LogP contribution in [0, 0.1) is 11.3 Å². The minimum atomic E-state index is 0.364. The van der Waals surface area contributed by atoms with Crippen LogP contribution >= 0.6 is 0 Å². The van der Waals surface area contributed by atoms with Crippen molar-refractivity contribution in [3.05, 3.63) is 0 Å². The summed E-state index contributed by atoms with van der Waals surface area (Å²) in [6.45, 7) is 13.0. The molecule has 0 saturated heterocycles. The third-order valence-corrected chi connectivity index (χ3v) is 5.70. The Morgan fingerprint density at radius 3 is 2.24 bits per heavy atom. The second-order valence-electron chi connectivity index (χ2n) is 7.92. The Hall–Kier alpha value is -0.120. The van der Waals surface area contributed by atoms with Gasteiger partial charge in [0.1, 0.15) is 0 Å². The summed E-state index contributed by atoms with van der Waals surface area (Å²) in [5, 5.41) is 0. The van der Waals surface area contributed by atoms with Crippen LogP contribution in [-0.2, 0) is 0 Å². The zero-order valence-electron chi connectivity index (χ0n) is 15.4. The van der Waals surface area contributed by atoms with Gasteiger partial charge in [-0.2, -0.15) is 0 Å². The van der Waals surface area contributed by atoms with Gasteiger partial charge in [-0.3, -0.25) is 4.90 Å². The van der Waals surface area contributed by atoms with Crippen molar-refractivity contribution in [2.24, 2.45) is 17.1 Å². The van der Waals surface area contributed by atoms with E-state index in [1.54, 1.807) is 0 Å². The molecular formula is C18H39N3. The lowest BCUT2D eigenvalue weighted by Crippen LogP contribution is -2.54. The maximum absolute atomic E-state index is 6.51. The van der Waals surface area contributed by atoms with E-state index >= 15 is 0 Å². The van der Waals surface area contributed by atoms with E-state index in [1.165, 1.54) is 38.6 Å². The molecule has 0 aromatic carbocycles. The minimum absolute atomic E-state index is 0.364. The largest absolute Gasteiger partial charge is 0.326 e. The molecule has 3 heteroatoms. The number of nitrogens with zero attached hydrogens (tertiary/aromatic N) is 2. The van der Waals surface area contributed by atoms with Gasteiger partial charge in [-0.25, -0.2) is 0 Å². The molecule has 1 aliphatic rings. The van der Waals surface area contributed by atoms with Gasteiger partial charge in [0.25, 0.3) is 0 Å². The van der Waals surface area contributed by atoms with E-state index in [4.69, 9.17) is 5.73 Å². The van der Waals surface area contributed by atoms with Gasteiger partial charge in [-0.1, -0.05) is 34.1 Å². The van der Waals surface area contributed by atoms with Crippen molar-refractivity contribution in [3.63, 3.8) is 0 Å². The molecule has 0 aromatic rings. The van der Waals surface area contributed by atoms with E-state index in [0.717, 1.165) is 19.0 Å². The molecule has 3 unspecified atom stereocenters. The molecule has 1 rings (SSSR count). The normalized spacial score (nSPS) is 27.6. The smallest absolute Gasteiger partial charge is 0.0250 e. The highest BCUT2D eigenvalue weighted by molar-refractivity contribution is 4.93. The Morgan fingerprint density at radius 1 is 1.05 bits per heavy atom. The number of rotatable bonds is 8. The van der Waals surface area contributed by atoms with Crippen molar-refractivity contribution in [1.82, 2.24) is 9.80 Å². The Kier molecular flexibility index (Phi) is 7.66. The fraction of sp³-hybridized carbons (Fsp3) is 1.00. The van der Waals surface area contributed by atoms with Gasteiger partial charge in [0.05, 0.1) is 0 Å². The Bertz CT molecular complexity index is 288. The summed E-state index contributed by atoms with van der Waals surface area (Å²) >= 11 is 0. The number of hydrogen-bond donors (Lipinski definition) is 1. The lowest BCUT2D eigenvalue weighted by Gasteiger charge is -2.46. The summed E-state index contributed by atoms with van der Waals surface area (Å²) in [4.78, 5) is 4.95. The summed E-state index contributed by atoms with van der Waals surface area (Å²) in [7, 11) is 4.32. The van der Waals surface area contributed by atoms with Crippen molar-refractivity contribution < 1.29 is 0 Å². The maximum Gasteiger partial charge on any atom is 0.0250 e. The molecule has 126 valence electrons. The first-order chi connectivity index (χ1) is 9.81. The second kappa shape index (κ2) is 8.50. The fourth-order valence-electron chi connectivity index (χ4n) is 3.65. The van der Waals surface area contributed by atoms with Crippen LogP contribution in [0.1, 0.15) is 59.8 Å². The molecule has 3 atom stereocenters. The van der Waals surface area contributed by atoms with Crippen LogP contribution in [0.5, 0.6) is 0 Å². The van der Waals surface area contributed by atoms with Crippen molar-refractivity contribution in [3.8, 4) is 0 Å². The number of likely N-dealkylation sites (N-methyl/N-ethyl adjacent to an activating group) is 1. The molecule has 1 fully saturated rings. The van der Waals surface area contributed by atoms with Crippen LogP contribution in [0.15, 0.2) is 0 Å². The Labute approximate surface area is 133 Å². The van der Waals surface area contributed by atoms with Crippen LogP contribution in [0.3, 0.4) is 0 Å². The van der Waals surface area contributed by atoms with Gasteiger partial charge in [-0.05, 0) is 57.7 Å². The zero-order valence-corrected chi connectivity index (χ0v) is 15.4. The molecule has 0 bridgehead atoms. The predicted octanol–water partition coefficient (Wildman–Crippen LogP) is 3.19. The van der Waals surface area contributed by atoms with Crippen LogP contribution in [0.25, 0.3) is 0 Å². The predicted molar refractivity (Wildman–Crippen MR) is 93.6 cm³/mol. The van der Waals surface area contributed by atoms with Gasteiger partial charge >= 0.3 is 0 Å². The molecule has 0 radical (unpaired) electrons. The highest BCUT2D eigenvalue weighted by atomic mass is 15.2. The van der Waals surface area contributed by atoms with Crippen LogP contribution in [0.4, 0.5) is 0 Å². The molecule has 1 aliphatic carbocycles. The number of hydrogen-bond acceptors (Lipinski definition) is 3. The van der Waals surface area contributed by atoms with Crippen molar-refractivity contribution in [2.45, 2.75) is 71.9 Å². The van der Waals surface area contributed by atoms with E-state index < -0.39 is 0 Å². The average Bonchev–Trinajstić information content (AvgIpc) is 2.43. The molecule has 0 aromatic heterocycles. The van der Waals surface area contributed by atoms with Gasteiger partial charge < -0.3 is 10.6 Å². The Balaban J connectivity index is 2.74. The summed E-state index contributed by atoms with van der Waals surface area (Å²) in [6, 6.07) is 0.942. The van der Waals surface area contributed by atoms with Gasteiger partial charge in [-0.15, -0.1) is 0 Å². The first-order valence-electron chi connectivity index (χ1n) is 8.96. The van der Waals surface area contributed by atoms with Crippen molar-refractivity contribution in [2.75, 3.05) is 33.7 Å². The average molecular weight is 298 g/mol. The highest BCUT2D eigenvalue weighted by Gasteiger charge is 2.37. The monoisotopic (exact) mass is 297 g/mol. The van der Waals surface area contributed by atoms with E-state index in [-0.39, 0.29) is 0 Å². The summed E-state index contributed by atoms with van der Waals surface area (Å²) in [6.07, 6.45) is 6.28. The minimum Gasteiger partial charge on any atom is -0.326 e. The first-order valence-corrected chi connectivity index (χ1v) is 8.96. The van der Waals surface area contributed by atoms with E-state index in [0.29, 0.717) is 17.5 Å². The van der Waals surface area contributed by atoms with Gasteiger partial charge in [0, 0.05) is 25.2 Å². The van der Waals surface area contributed by atoms with Crippen LogP contribution in [-0.4, -0.2) is 55.6 Å². The van der Waals surface area contributed by atoms with Crippen LogP contribution < -0.4 is 5.73 Å². The topological polar surface area (TPSA) is 32.5 Å². The van der Waals surface area contributed by atoms with Crippen LogP contribution in [0.2, 0.25) is 0 Å². The molecule has 1 saturated carbocycles. The van der Waals surface area contributed by atoms with Crippen molar-refractivity contribution in [1.29, 1.82) is 0 Å². The second-order valence-corrected chi connectivity index (χ2v) is 7.92. The molecule has 3 nitrogen and oxygen atoms in total. The van der Waals surface area contributed by atoms with Gasteiger partial charge in [0.2, 0.25) is 0 Å². The quantitative estimate of drug-likeness (QED) is 0.747. The molecule has 2 N–H and O–H groups in total. The fourth-order valence-corrected chi connectivity index (χ4v) is 3.65. The molecule has 0 spiro atoms. The van der Waals surface area contributed by atoms with Gasteiger partial charge in [0.15, 0.2) is 0 Å². The van der Waals surface area contributed by atoms with Crippen molar-refractivity contribution >= 4 is 0 Å². The lowest BCUT2D eigenvalue weighted by atomic mass is 9.67. The molecule has 21 heavy (non-hydrogen) atoms. The third-order valence-electron chi connectivity index (χ3n) is 5.70. The Morgan fingerprint density at radius 2 is 1.71 bits per heavy atom. The molecule has 0 heterocycles. The molecule has 0 amide bonds. The lowest BCUT2D eigenvalue weighted by molar-refractivity contribution is 0.0566. The summed E-state index contributed by atoms with van der Waals surface area (Å²) in [5.74, 6) is 0.825. The standard InChI is InChI=1S/C18H39N3/c1-7-11-21(13-12-20(5)6)17-14-15(9-10-16(17)19)18(3,4)8-2/h15-17H,7-14,19H2,1-6H3. The highest BCUT2D eigenvalue weighted by Crippen LogP contribution is 2.41. The molecular weight excluding hydrogens is 258 g/mol. The SMILES string of the molecule is CCCN(CCN(C)C)C1CC(C(C)(C)CC)CCC1N.